The molecule has 17 aromatic rings. The number of rotatable bonds is 4. The van der Waals surface area contributed by atoms with Gasteiger partial charge in [-0.3, -0.25) is 0 Å². The Morgan fingerprint density at radius 2 is 0.675 bits per heavy atom. The largest absolute Gasteiger partial charge is 0.458 e. The number of benzene rings is 12. The number of nitrogens with zero attached hydrogens (tertiary/aromatic N) is 5. The number of hydrogen-bond acceptors (Lipinski definition) is 1. The number of hydrogen-bond donors (Lipinski definition) is 0. The normalized spacial score (nSPS) is 13.1. The van der Waals surface area contributed by atoms with E-state index in [2.05, 4.69) is 292 Å². The van der Waals surface area contributed by atoms with E-state index in [0.29, 0.717) is 0 Å². The quantitative estimate of drug-likeness (QED) is 0.162. The van der Waals surface area contributed by atoms with Crippen LogP contribution in [0.4, 0.5) is 0 Å². The Labute approximate surface area is 477 Å². The van der Waals surface area contributed by atoms with E-state index < -0.39 is 0 Å². The van der Waals surface area contributed by atoms with Crippen LogP contribution < -0.4 is 21.1 Å². The minimum atomic E-state index is -0.0752. The van der Waals surface area contributed by atoms with Crippen molar-refractivity contribution in [2.45, 2.75) is 26.2 Å². The van der Waals surface area contributed by atoms with E-state index >= 15 is 0 Å². The maximum atomic E-state index is 7.07. The first kappa shape index (κ1) is 45.3. The van der Waals surface area contributed by atoms with Crippen LogP contribution in [0, 0.1) is 0 Å². The summed E-state index contributed by atoms with van der Waals surface area (Å²) in [7, 11) is 0. The average Bonchev–Trinajstić information content (AvgIpc) is 2.31. The predicted octanol–water partition coefficient (Wildman–Crippen LogP) is 17.4. The van der Waals surface area contributed by atoms with Gasteiger partial charge in [0, 0.05) is 87.8 Å². The molecule has 0 fully saturated rings. The van der Waals surface area contributed by atoms with E-state index in [-0.39, 0.29) is 12.1 Å². The average molecular weight is 1060 g/mol. The van der Waals surface area contributed by atoms with Gasteiger partial charge in [-0.1, -0.05) is 148 Å². The Morgan fingerprint density at radius 3 is 1.13 bits per heavy atom. The lowest BCUT2D eigenvalue weighted by Gasteiger charge is -2.34. The lowest BCUT2D eigenvalue weighted by atomic mass is 9.34. The second-order valence-corrected chi connectivity index (χ2v) is 24.0. The third kappa shape index (κ3) is 6.02. The lowest BCUT2D eigenvalue weighted by molar-refractivity contribution is 0.483. The summed E-state index contributed by atoms with van der Waals surface area (Å²) in [4.78, 5) is 0. The van der Waals surface area contributed by atoms with Crippen molar-refractivity contribution in [1.82, 2.24) is 22.8 Å². The van der Waals surface area contributed by atoms with Crippen molar-refractivity contribution in [2.24, 2.45) is 0 Å². The summed E-state index contributed by atoms with van der Waals surface area (Å²) in [6.45, 7) is 6.77. The van der Waals surface area contributed by atoms with Crippen LogP contribution in [-0.4, -0.2) is 29.5 Å². The van der Waals surface area contributed by atoms with Gasteiger partial charge >= 0.3 is 0 Å². The number of ether oxygens (including phenoxy) is 1. The summed E-state index contributed by atoms with van der Waals surface area (Å²) in [5, 5.41) is 12.3. The van der Waals surface area contributed by atoms with Crippen molar-refractivity contribution in [2.75, 3.05) is 0 Å². The molecule has 7 heterocycles. The summed E-state index contributed by atoms with van der Waals surface area (Å²) in [5.41, 5.74) is 22.4. The minimum Gasteiger partial charge on any atom is -0.458 e. The minimum absolute atomic E-state index is 0.0483. The SMILES string of the molecule is CC(C)(C)c1ccc2c(c1)Oc1cccc3c1B2c1cc(-n2c4ccccc4c4cc(-n5c6ccccc6c6ccccc65)ccc42)cc2c4cc(-n5c6ccccc6c6cc(-n7c8ccccc8c8ccccc87)ccc65)ccc4n-3c12. The Morgan fingerprint density at radius 1 is 0.289 bits per heavy atom. The summed E-state index contributed by atoms with van der Waals surface area (Å²) >= 11 is 0. The van der Waals surface area contributed by atoms with Gasteiger partial charge in [-0.2, -0.15) is 0 Å². The third-order valence-electron chi connectivity index (χ3n) is 18.7. The molecule has 0 N–H and O–H groups in total. The van der Waals surface area contributed by atoms with Crippen molar-refractivity contribution in [3.8, 4) is 39.9 Å². The van der Waals surface area contributed by atoms with Crippen LogP contribution in [0.3, 0.4) is 0 Å². The van der Waals surface area contributed by atoms with E-state index in [9.17, 15) is 0 Å². The van der Waals surface area contributed by atoms with Gasteiger partial charge in [0.2, 0.25) is 0 Å². The monoisotopic (exact) mass is 1060 g/mol. The van der Waals surface area contributed by atoms with Crippen molar-refractivity contribution in [3.05, 3.63) is 254 Å². The molecule has 0 saturated carbocycles. The molecule has 0 saturated heterocycles. The molecule has 0 atom stereocenters. The maximum absolute atomic E-state index is 7.07. The Balaban J connectivity index is 0.878. The number of para-hydroxylation sites is 6. The van der Waals surface area contributed by atoms with Crippen molar-refractivity contribution in [3.63, 3.8) is 0 Å². The van der Waals surface area contributed by atoms with Crippen molar-refractivity contribution < 1.29 is 4.74 Å². The second kappa shape index (κ2) is 16.1. The molecule has 0 aliphatic carbocycles. The van der Waals surface area contributed by atoms with Gasteiger partial charge in [0.15, 0.2) is 0 Å². The highest BCUT2D eigenvalue weighted by Gasteiger charge is 2.41. The molecular weight excluding hydrogens is 1010 g/mol. The van der Waals surface area contributed by atoms with Gasteiger partial charge < -0.3 is 27.6 Å². The van der Waals surface area contributed by atoms with Crippen LogP contribution in [0.15, 0.2) is 249 Å². The molecule has 0 radical (unpaired) electrons. The molecule has 2 aliphatic heterocycles. The van der Waals surface area contributed by atoms with E-state index in [0.717, 1.165) is 51.0 Å². The summed E-state index contributed by atoms with van der Waals surface area (Å²) in [6.07, 6.45) is 0. The topological polar surface area (TPSA) is 33.9 Å². The molecule has 0 amide bonds. The number of fused-ring (bicyclic) bond motifs is 19. The van der Waals surface area contributed by atoms with Crippen LogP contribution >= 0.6 is 0 Å². The van der Waals surface area contributed by atoms with Crippen LogP contribution in [0.2, 0.25) is 0 Å². The molecule has 388 valence electrons. The van der Waals surface area contributed by atoms with E-state index in [1.54, 1.807) is 0 Å². The Hall–Kier alpha value is -10.5. The first-order chi connectivity index (χ1) is 40.8. The molecule has 0 unspecified atom stereocenters. The fraction of sp³-hybridized carbons (Fsp3) is 0.0526. The molecule has 2 aliphatic rings. The van der Waals surface area contributed by atoms with Gasteiger partial charge in [-0.25, -0.2) is 0 Å². The molecule has 6 nitrogen and oxygen atoms in total. The summed E-state index contributed by atoms with van der Waals surface area (Å²) in [5.74, 6) is 1.84. The zero-order valence-corrected chi connectivity index (χ0v) is 45.9. The molecule has 5 aromatic heterocycles. The van der Waals surface area contributed by atoms with Gasteiger partial charge in [-0.15, -0.1) is 0 Å². The zero-order chi connectivity index (χ0) is 54.6. The van der Waals surface area contributed by atoms with E-state index in [1.165, 1.54) is 120 Å². The molecule has 0 bridgehead atoms. The summed E-state index contributed by atoms with van der Waals surface area (Å²) < 4.78 is 19.5. The van der Waals surface area contributed by atoms with Crippen molar-refractivity contribution >= 4 is 132 Å². The lowest BCUT2D eigenvalue weighted by Crippen LogP contribution is -2.58. The standard InChI is InChI=1S/C76H50BN5O/c1-76(2,3)45-31-35-60-73(39-45)83-72-30-16-29-71-74(72)77(60)61-44-49(81-67-28-15-9-22-55(67)57-41-47(33-37-69(57)81)79-64-25-12-6-19-52(64)53-20-7-13-26-65(53)79)43-59-58-42-48(34-38-70(58)82(71)75(59)61)80-66-27-14-8-21-54(66)56-40-46(32-36-68(56)80)78-62-23-10-4-17-50(62)51-18-5-11-24-63(51)78/h4-44H,1-3H3. The van der Waals surface area contributed by atoms with Crippen molar-refractivity contribution in [1.29, 1.82) is 0 Å². The van der Waals surface area contributed by atoms with E-state index in [4.69, 9.17) is 4.74 Å². The summed E-state index contributed by atoms with van der Waals surface area (Å²) in [6, 6.07) is 92.9. The van der Waals surface area contributed by atoms with Gasteiger partial charge in [0.1, 0.15) is 11.5 Å². The molecule has 12 aromatic carbocycles. The van der Waals surface area contributed by atoms with Crippen LogP contribution in [0.1, 0.15) is 26.3 Å². The molecule has 83 heavy (non-hydrogen) atoms. The van der Waals surface area contributed by atoms with Gasteiger partial charge in [-0.05, 0) is 149 Å². The third-order valence-corrected chi connectivity index (χ3v) is 18.7. The molecule has 7 heteroatoms. The maximum Gasteiger partial charge on any atom is 0.256 e. The Bertz CT molecular complexity index is 5630. The second-order valence-electron chi connectivity index (χ2n) is 24.0. The van der Waals surface area contributed by atoms with Crippen LogP contribution in [0.25, 0.3) is 137 Å². The molecular formula is C76H50BN5O. The number of aromatic nitrogens is 5. The highest BCUT2D eigenvalue weighted by atomic mass is 16.5. The molecule has 19 rings (SSSR count). The first-order valence-electron chi connectivity index (χ1n) is 28.9. The predicted molar refractivity (Wildman–Crippen MR) is 348 cm³/mol. The van der Waals surface area contributed by atoms with Gasteiger partial charge in [0.25, 0.3) is 6.71 Å². The fourth-order valence-corrected chi connectivity index (χ4v) is 15.1. The first-order valence-corrected chi connectivity index (χ1v) is 28.9. The van der Waals surface area contributed by atoms with Crippen LogP contribution in [0.5, 0.6) is 11.5 Å². The van der Waals surface area contributed by atoms with E-state index in [1.807, 2.05) is 0 Å². The zero-order valence-electron chi connectivity index (χ0n) is 45.9. The fourth-order valence-electron chi connectivity index (χ4n) is 15.1. The highest BCUT2D eigenvalue weighted by Crippen LogP contribution is 2.44. The van der Waals surface area contributed by atoms with Crippen LogP contribution in [-0.2, 0) is 5.41 Å². The van der Waals surface area contributed by atoms with Gasteiger partial charge in [0.05, 0.1) is 49.7 Å². The molecule has 0 spiro atoms. The highest BCUT2D eigenvalue weighted by molar-refractivity contribution is 6.99. The smallest absolute Gasteiger partial charge is 0.256 e. The Kier molecular flexibility index (Phi) is 8.79.